The number of benzene rings is 1. The highest BCUT2D eigenvalue weighted by Crippen LogP contribution is 2.08. The highest BCUT2D eigenvalue weighted by atomic mass is 16.5. The van der Waals surface area contributed by atoms with Gasteiger partial charge in [0.1, 0.15) is 5.75 Å². The van der Waals surface area contributed by atoms with E-state index < -0.39 is 0 Å². The minimum atomic E-state index is -0.169. The summed E-state index contributed by atoms with van der Waals surface area (Å²) in [4.78, 5) is 19.3. The molecule has 1 aromatic carbocycles. The first-order valence-corrected chi connectivity index (χ1v) is 5.59. The van der Waals surface area contributed by atoms with Gasteiger partial charge in [0.05, 0.1) is 13.0 Å². The fourth-order valence-electron chi connectivity index (χ4n) is 1.33. The molecule has 0 saturated heterocycles. The maximum Gasteiger partial charge on any atom is 0.230 e. The lowest BCUT2D eigenvalue weighted by Crippen LogP contribution is -2.16. The Morgan fingerprint density at radius 2 is 1.83 bits per heavy atom. The molecule has 1 amide bonds. The van der Waals surface area contributed by atoms with E-state index in [0.717, 1.165) is 5.75 Å². The first-order valence-electron chi connectivity index (χ1n) is 5.59. The van der Waals surface area contributed by atoms with Crippen molar-refractivity contribution in [1.82, 2.24) is 9.97 Å². The Labute approximate surface area is 105 Å². The molecule has 2 rings (SSSR count). The summed E-state index contributed by atoms with van der Waals surface area (Å²) in [5.41, 5.74) is 0. The normalized spacial score (nSPS) is 9.78. The van der Waals surface area contributed by atoms with Gasteiger partial charge in [0, 0.05) is 12.4 Å². The lowest BCUT2D eigenvalue weighted by molar-refractivity contribution is -0.116. The van der Waals surface area contributed by atoms with Gasteiger partial charge in [-0.1, -0.05) is 18.2 Å². The van der Waals surface area contributed by atoms with Crippen LogP contribution in [0.1, 0.15) is 6.42 Å². The van der Waals surface area contributed by atoms with Crippen molar-refractivity contribution in [2.24, 2.45) is 0 Å². The quantitative estimate of drug-likeness (QED) is 0.870. The summed E-state index contributed by atoms with van der Waals surface area (Å²) < 4.78 is 5.41. The van der Waals surface area contributed by atoms with E-state index in [1.54, 1.807) is 18.5 Å². The summed E-state index contributed by atoms with van der Waals surface area (Å²) in [5.74, 6) is 0.889. The van der Waals surface area contributed by atoms with Crippen LogP contribution in [-0.4, -0.2) is 22.5 Å². The SMILES string of the molecule is O=C(CCOc1ccccc1)Nc1ncccn1. The lowest BCUT2D eigenvalue weighted by Gasteiger charge is -2.05. The van der Waals surface area contributed by atoms with E-state index in [4.69, 9.17) is 4.74 Å². The molecule has 0 aliphatic heterocycles. The summed E-state index contributed by atoms with van der Waals surface area (Å²) in [6.45, 7) is 0.322. The van der Waals surface area contributed by atoms with Gasteiger partial charge in [-0.15, -0.1) is 0 Å². The number of nitrogens with one attached hydrogen (secondary N) is 1. The number of anilines is 1. The zero-order valence-corrected chi connectivity index (χ0v) is 9.74. The molecular formula is C13H13N3O2. The Bertz CT molecular complexity index is 488. The molecule has 1 N–H and O–H groups in total. The molecule has 0 bridgehead atoms. The van der Waals surface area contributed by atoms with Gasteiger partial charge in [0.2, 0.25) is 11.9 Å². The van der Waals surface area contributed by atoms with Crippen LogP contribution in [0.4, 0.5) is 5.95 Å². The molecule has 1 heterocycles. The Hall–Kier alpha value is -2.43. The van der Waals surface area contributed by atoms with E-state index in [-0.39, 0.29) is 12.3 Å². The number of ether oxygens (including phenoxy) is 1. The van der Waals surface area contributed by atoms with Crippen molar-refractivity contribution < 1.29 is 9.53 Å². The highest BCUT2D eigenvalue weighted by Gasteiger charge is 2.03. The predicted molar refractivity (Wildman–Crippen MR) is 67.2 cm³/mol. The molecule has 0 saturated carbocycles. The van der Waals surface area contributed by atoms with Gasteiger partial charge in [0.15, 0.2) is 0 Å². The largest absolute Gasteiger partial charge is 0.493 e. The summed E-state index contributed by atoms with van der Waals surface area (Å²) in [6, 6.07) is 11.1. The molecule has 0 aliphatic carbocycles. The number of hydrogen-bond donors (Lipinski definition) is 1. The highest BCUT2D eigenvalue weighted by molar-refractivity contribution is 5.88. The van der Waals surface area contributed by atoms with Crippen LogP contribution in [0.5, 0.6) is 5.75 Å². The standard InChI is InChI=1S/C13H13N3O2/c17-12(16-13-14-8-4-9-15-13)7-10-18-11-5-2-1-3-6-11/h1-6,8-9H,7,10H2,(H,14,15,16,17). The van der Waals surface area contributed by atoms with Crippen molar-refractivity contribution in [3.63, 3.8) is 0 Å². The fourth-order valence-corrected chi connectivity index (χ4v) is 1.33. The second-order valence-corrected chi connectivity index (χ2v) is 3.53. The molecule has 0 spiro atoms. The van der Waals surface area contributed by atoms with E-state index >= 15 is 0 Å². The molecule has 0 fully saturated rings. The van der Waals surface area contributed by atoms with E-state index in [1.807, 2.05) is 30.3 Å². The van der Waals surface area contributed by atoms with Crippen molar-refractivity contribution in [3.8, 4) is 5.75 Å². The van der Waals surface area contributed by atoms with Crippen LogP contribution < -0.4 is 10.1 Å². The van der Waals surface area contributed by atoms with Crippen molar-refractivity contribution in [2.45, 2.75) is 6.42 Å². The fraction of sp³-hybridized carbons (Fsp3) is 0.154. The molecule has 2 aromatic rings. The van der Waals surface area contributed by atoms with Crippen molar-refractivity contribution in [3.05, 3.63) is 48.8 Å². The van der Waals surface area contributed by atoms with E-state index in [9.17, 15) is 4.79 Å². The van der Waals surface area contributed by atoms with E-state index in [2.05, 4.69) is 15.3 Å². The summed E-state index contributed by atoms with van der Waals surface area (Å²) in [5, 5.41) is 2.59. The molecule has 5 nitrogen and oxygen atoms in total. The molecule has 0 atom stereocenters. The maximum atomic E-state index is 11.5. The third kappa shape index (κ3) is 3.86. The Kier molecular flexibility index (Phi) is 4.24. The molecule has 0 aliphatic rings. The van der Waals surface area contributed by atoms with Crippen LogP contribution in [-0.2, 0) is 4.79 Å². The zero-order valence-electron chi connectivity index (χ0n) is 9.74. The van der Waals surface area contributed by atoms with Gasteiger partial charge < -0.3 is 4.74 Å². The zero-order chi connectivity index (χ0) is 12.6. The van der Waals surface area contributed by atoms with Gasteiger partial charge in [-0.2, -0.15) is 0 Å². The van der Waals surface area contributed by atoms with Crippen LogP contribution in [0, 0.1) is 0 Å². The van der Waals surface area contributed by atoms with Gasteiger partial charge in [-0.25, -0.2) is 9.97 Å². The topological polar surface area (TPSA) is 64.1 Å². The van der Waals surface area contributed by atoms with Gasteiger partial charge in [-0.3, -0.25) is 10.1 Å². The van der Waals surface area contributed by atoms with Crippen LogP contribution in [0.2, 0.25) is 0 Å². The molecule has 18 heavy (non-hydrogen) atoms. The number of hydrogen-bond acceptors (Lipinski definition) is 4. The van der Waals surface area contributed by atoms with Gasteiger partial charge in [-0.05, 0) is 18.2 Å². The monoisotopic (exact) mass is 243 g/mol. The minimum Gasteiger partial charge on any atom is -0.493 e. The molecule has 92 valence electrons. The van der Waals surface area contributed by atoms with Gasteiger partial charge >= 0.3 is 0 Å². The van der Waals surface area contributed by atoms with Crippen molar-refractivity contribution in [2.75, 3.05) is 11.9 Å². The number of carbonyl (C=O) groups excluding carboxylic acids is 1. The molecule has 1 aromatic heterocycles. The van der Waals surface area contributed by atoms with E-state index in [1.165, 1.54) is 0 Å². The summed E-state index contributed by atoms with van der Waals surface area (Å²) in [7, 11) is 0. The van der Waals surface area contributed by atoms with Crippen molar-refractivity contribution >= 4 is 11.9 Å². The number of carbonyl (C=O) groups is 1. The second kappa shape index (κ2) is 6.34. The average Bonchev–Trinajstić information content (AvgIpc) is 2.41. The number of para-hydroxylation sites is 1. The molecule has 0 radical (unpaired) electrons. The smallest absolute Gasteiger partial charge is 0.230 e. The van der Waals surface area contributed by atoms with Crippen LogP contribution in [0.3, 0.4) is 0 Å². The first kappa shape index (κ1) is 12.0. The molecular weight excluding hydrogens is 230 g/mol. The van der Waals surface area contributed by atoms with Crippen LogP contribution in [0.15, 0.2) is 48.8 Å². The number of amides is 1. The third-order valence-electron chi connectivity index (χ3n) is 2.16. The second-order valence-electron chi connectivity index (χ2n) is 3.53. The van der Waals surface area contributed by atoms with Crippen molar-refractivity contribution in [1.29, 1.82) is 0 Å². The number of rotatable bonds is 5. The predicted octanol–water partition coefficient (Wildman–Crippen LogP) is 1.88. The third-order valence-corrected chi connectivity index (χ3v) is 2.16. The number of nitrogens with zero attached hydrogens (tertiary/aromatic N) is 2. The summed E-state index contributed by atoms with van der Waals surface area (Å²) >= 11 is 0. The Morgan fingerprint density at radius 1 is 1.11 bits per heavy atom. The first-order chi connectivity index (χ1) is 8.84. The minimum absolute atomic E-state index is 0.169. The lowest BCUT2D eigenvalue weighted by atomic mass is 10.3. The molecule has 5 heteroatoms. The maximum absolute atomic E-state index is 11.5. The average molecular weight is 243 g/mol. The Balaban J connectivity index is 1.73. The number of aromatic nitrogens is 2. The van der Waals surface area contributed by atoms with E-state index in [0.29, 0.717) is 12.6 Å². The Morgan fingerprint density at radius 3 is 2.56 bits per heavy atom. The molecule has 0 unspecified atom stereocenters. The van der Waals surface area contributed by atoms with Crippen LogP contribution in [0.25, 0.3) is 0 Å². The van der Waals surface area contributed by atoms with Gasteiger partial charge in [0.25, 0.3) is 0 Å². The summed E-state index contributed by atoms with van der Waals surface area (Å²) in [6.07, 6.45) is 3.40. The van der Waals surface area contributed by atoms with Crippen LogP contribution >= 0.6 is 0 Å².